The van der Waals surface area contributed by atoms with Crippen molar-refractivity contribution in [3.8, 4) is 5.75 Å². The first-order valence-electron chi connectivity index (χ1n) is 12.7. The van der Waals surface area contributed by atoms with Crippen molar-refractivity contribution in [3.05, 3.63) is 65.9 Å². The van der Waals surface area contributed by atoms with Crippen molar-refractivity contribution in [3.63, 3.8) is 0 Å². The van der Waals surface area contributed by atoms with E-state index in [1.807, 2.05) is 30.3 Å². The van der Waals surface area contributed by atoms with E-state index in [0.717, 1.165) is 56.0 Å². The lowest BCUT2D eigenvalue weighted by Crippen LogP contribution is -2.13. The molecular weight excluding hydrogens is 465 g/mol. The lowest BCUT2D eigenvalue weighted by Gasteiger charge is -2.16. The molecule has 0 amide bonds. The lowest BCUT2D eigenvalue weighted by molar-refractivity contribution is -0.137. The summed E-state index contributed by atoms with van der Waals surface area (Å²) in [6, 6.07) is 14.8. The minimum absolute atomic E-state index is 0.0747. The lowest BCUT2D eigenvalue weighted by atomic mass is 10.1. The summed E-state index contributed by atoms with van der Waals surface area (Å²) in [4.78, 5) is 8.08. The fraction of sp³-hybridized carbons (Fsp3) is 0.429. The van der Waals surface area contributed by atoms with Gasteiger partial charge in [0.15, 0.2) is 0 Å². The Bertz CT molecular complexity index is 1110. The van der Waals surface area contributed by atoms with Gasteiger partial charge in [-0.3, -0.25) is 0 Å². The average Bonchev–Trinajstić information content (AvgIpc) is 3.36. The molecule has 1 heterocycles. The van der Waals surface area contributed by atoms with Gasteiger partial charge in [-0.05, 0) is 80.5 Å². The average molecular weight is 499 g/mol. The Morgan fingerprint density at radius 3 is 2.44 bits per heavy atom. The number of rotatable bonds is 11. The SMILES string of the molecule is CCCCCCc1cccc(Nc2nc(Nc3ccc(OC4CCCC4)cc3)ncc2C(F)(F)F)c1. The molecule has 0 spiro atoms. The van der Waals surface area contributed by atoms with Crippen molar-refractivity contribution < 1.29 is 17.9 Å². The summed E-state index contributed by atoms with van der Waals surface area (Å²) in [7, 11) is 0. The van der Waals surface area contributed by atoms with E-state index in [9.17, 15) is 13.2 Å². The molecule has 3 aromatic rings. The molecule has 2 aromatic carbocycles. The Hall–Kier alpha value is -3.29. The minimum atomic E-state index is -4.59. The van der Waals surface area contributed by atoms with Crippen molar-refractivity contribution in [2.45, 2.75) is 77.0 Å². The Labute approximate surface area is 210 Å². The first-order valence-corrected chi connectivity index (χ1v) is 12.7. The summed E-state index contributed by atoms with van der Waals surface area (Å²) in [5, 5.41) is 5.86. The van der Waals surface area contributed by atoms with E-state index < -0.39 is 11.7 Å². The molecule has 8 heteroatoms. The first-order chi connectivity index (χ1) is 17.4. The van der Waals surface area contributed by atoms with E-state index in [4.69, 9.17) is 4.74 Å². The highest BCUT2D eigenvalue weighted by Gasteiger charge is 2.35. The maximum atomic E-state index is 13.7. The zero-order valence-electron chi connectivity index (χ0n) is 20.6. The molecule has 1 saturated carbocycles. The molecule has 4 rings (SSSR count). The number of unbranched alkanes of at least 4 members (excludes halogenated alkanes) is 3. The van der Waals surface area contributed by atoms with Gasteiger partial charge in [0.25, 0.3) is 0 Å². The first kappa shape index (κ1) is 25.8. The molecule has 0 saturated heterocycles. The van der Waals surface area contributed by atoms with Crippen LogP contribution in [0.5, 0.6) is 5.75 Å². The van der Waals surface area contributed by atoms with E-state index in [-0.39, 0.29) is 17.9 Å². The van der Waals surface area contributed by atoms with Crippen LogP contribution >= 0.6 is 0 Å². The zero-order valence-corrected chi connectivity index (χ0v) is 20.6. The summed E-state index contributed by atoms with van der Waals surface area (Å²) >= 11 is 0. The van der Waals surface area contributed by atoms with Crippen LogP contribution in [0, 0.1) is 0 Å². The van der Waals surface area contributed by atoms with Crippen molar-refractivity contribution in [1.82, 2.24) is 9.97 Å². The largest absolute Gasteiger partial charge is 0.490 e. The smallest absolute Gasteiger partial charge is 0.421 e. The molecule has 0 bridgehead atoms. The molecule has 0 unspecified atom stereocenters. The summed E-state index contributed by atoms with van der Waals surface area (Å²) in [5.74, 6) is 0.563. The third kappa shape index (κ3) is 7.35. The highest BCUT2D eigenvalue weighted by molar-refractivity contribution is 5.63. The van der Waals surface area contributed by atoms with Gasteiger partial charge in [0.1, 0.15) is 17.1 Å². The number of ether oxygens (including phenoxy) is 1. The Kier molecular flexibility index (Phi) is 8.67. The van der Waals surface area contributed by atoms with Crippen LogP contribution in [0.1, 0.15) is 69.4 Å². The fourth-order valence-corrected chi connectivity index (χ4v) is 4.39. The molecule has 36 heavy (non-hydrogen) atoms. The van der Waals surface area contributed by atoms with Crippen LogP contribution < -0.4 is 15.4 Å². The van der Waals surface area contributed by atoms with Crippen LogP contribution in [0.4, 0.5) is 36.3 Å². The summed E-state index contributed by atoms with van der Waals surface area (Å²) in [6.07, 6.45) is 6.41. The van der Waals surface area contributed by atoms with Crippen LogP contribution in [-0.2, 0) is 12.6 Å². The number of hydrogen-bond acceptors (Lipinski definition) is 5. The monoisotopic (exact) mass is 498 g/mol. The van der Waals surface area contributed by atoms with Crippen LogP contribution in [0.3, 0.4) is 0 Å². The predicted octanol–water partition coefficient (Wildman–Crippen LogP) is 8.43. The Morgan fingerprint density at radius 2 is 1.72 bits per heavy atom. The predicted molar refractivity (Wildman–Crippen MR) is 137 cm³/mol. The van der Waals surface area contributed by atoms with Crippen LogP contribution in [0.2, 0.25) is 0 Å². The van der Waals surface area contributed by atoms with Gasteiger partial charge < -0.3 is 15.4 Å². The van der Waals surface area contributed by atoms with Crippen LogP contribution in [0.25, 0.3) is 0 Å². The van der Waals surface area contributed by atoms with Gasteiger partial charge in [-0.2, -0.15) is 18.2 Å². The van der Waals surface area contributed by atoms with E-state index in [1.165, 1.54) is 19.3 Å². The third-order valence-electron chi connectivity index (χ3n) is 6.32. The standard InChI is InChI=1S/C28H33F3N4O/c1-2-3-4-5-9-20-10-8-11-22(18-20)33-26-25(28(29,30)31)19-32-27(35-26)34-21-14-16-24(17-15-21)36-23-12-6-7-13-23/h8,10-11,14-19,23H,2-7,9,12-13H2,1H3,(H2,32,33,34,35). The van der Waals surface area contributed by atoms with Crippen molar-refractivity contribution in [2.75, 3.05) is 10.6 Å². The minimum Gasteiger partial charge on any atom is -0.490 e. The molecule has 2 N–H and O–H groups in total. The zero-order chi connectivity index (χ0) is 25.4. The Morgan fingerprint density at radius 1 is 0.944 bits per heavy atom. The molecule has 0 atom stereocenters. The second kappa shape index (κ2) is 12.1. The van der Waals surface area contributed by atoms with Crippen LogP contribution in [-0.4, -0.2) is 16.1 Å². The summed E-state index contributed by atoms with van der Waals surface area (Å²) in [5.41, 5.74) is 1.39. The topological polar surface area (TPSA) is 59.1 Å². The fourth-order valence-electron chi connectivity index (χ4n) is 4.39. The number of hydrogen-bond donors (Lipinski definition) is 2. The number of aryl methyl sites for hydroxylation is 1. The molecular formula is C28H33F3N4O. The Balaban J connectivity index is 1.47. The summed E-state index contributed by atoms with van der Waals surface area (Å²) < 4.78 is 47.0. The normalized spacial score (nSPS) is 14.1. The third-order valence-corrected chi connectivity index (χ3v) is 6.32. The van der Waals surface area contributed by atoms with E-state index in [0.29, 0.717) is 11.4 Å². The van der Waals surface area contributed by atoms with Gasteiger partial charge in [-0.1, -0.05) is 38.3 Å². The van der Waals surface area contributed by atoms with Crippen molar-refractivity contribution >= 4 is 23.1 Å². The van der Waals surface area contributed by atoms with E-state index in [1.54, 1.807) is 18.2 Å². The number of aromatic nitrogens is 2. The molecule has 1 aliphatic carbocycles. The highest BCUT2D eigenvalue weighted by Crippen LogP contribution is 2.35. The van der Waals surface area contributed by atoms with Crippen molar-refractivity contribution in [2.24, 2.45) is 0 Å². The number of anilines is 4. The van der Waals surface area contributed by atoms with Gasteiger partial charge in [0.2, 0.25) is 5.95 Å². The van der Waals surface area contributed by atoms with E-state index >= 15 is 0 Å². The molecule has 5 nitrogen and oxygen atoms in total. The maximum absolute atomic E-state index is 13.7. The maximum Gasteiger partial charge on any atom is 0.421 e. The second-order valence-corrected chi connectivity index (χ2v) is 9.26. The van der Waals surface area contributed by atoms with E-state index in [2.05, 4.69) is 27.5 Å². The number of halogens is 3. The van der Waals surface area contributed by atoms with Gasteiger partial charge in [0.05, 0.1) is 6.10 Å². The quantitative estimate of drug-likeness (QED) is 0.260. The molecule has 1 aliphatic rings. The molecule has 1 fully saturated rings. The molecule has 0 radical (unpaired) electrons. The molecule has 0 aliphatic heterocycles. The van der Waals surface area contributed by atoms with Crippen LogP contribution in [0.15, 0.2) is 54.7 Å². The number of alkyl halides is 3. The highest BCUT2D eigenvalue weighted by atomic mass is 19.4. The van der Waals surface area contributed by atoms with Gasteiger partial charge in [-0.25, -0.2) is 4.98 Å². The molecule has 1 aromatic heterocycles. The van der Waals surface area contributed by atoms with Gasteiger partial charge in [0, 0.05) is 17.6 Å². The second-order valence-electron chi connectivity index (χ2n) is 9.26. The number of benzene rings is 2. The summed E-state index contributed by atoms with van der Waals surface area (Å²) in [6.45, 7) is 2.16. The van der Waals surface area contributed by atoms with Gasteiger partial charge in [-0.15, -0.1) is 0 Å². The van der Waals surface area contributed by atoms with Crippen molar-refractivity contribution in [1.29, 1.82) is 0 Å². The molecule has 192 valence electrons. The van der Waals surface area contributed by atoms with Gasteiger partial charge >= 0.3 is 6.18 Å². The number of nitrogens with one attached hydrogen (secondary N) is 2. The number of nitrogens with zero attached hydrogens (tertiary/aromatic N) is 2.